The number of amides is 2. The Bertz CT molecular complexity index is 1060. The fourth-order valence-electron chi connectivity index (χ4n) is 3.52. The molecule has 2 heterocycles. The second-order valence-corrected chi connectivity index (χ2v) is 7.00. The number of carbonyl (C=O) groups is 2. The second-order valence-electron chi connectivity index (χ2n) is 7.00. The first-order valence-electron chi connectivity index (χ1n) is 9.40. The number of ether oxygens (including phenoxy) is 1. The Morgan fingerprint density at radius 3 is 2.52 bits per heavy atom. The van der Waals surface area contributed by atoms with E-state index in [4.69, 9.17) is 4.74 Å². The van der Waals surface area contributed by atoms with Crippen LogP contribution in [0.15, 0.2) is 54.7 Å². The zero-order valence-corrected chi connectivity index (χ0v) is 16.4. The second kappa shape index (κ2) is 7.79. The van der Waals surface area contributed by atoms with Crippen LogP contribution in [0.1, 0.15) is 31.8 Å². The summed E-state index contributed by atoms with van der Waals surface area (Å²) in [5.41, 5.74) is 4.05. The third kappa shape index (κ3) is 3.85. The molecule has 1 N–H and O–H groups in total. The molecule has 0 radical (unpaired) electrons. The number of methoxy groups -OCH3 is 1. The Hall–Kier alpha value is -3.61. The maximum absolute atomic E-state index is 12.9. The predicted octanol–water partition coefficient (Wildman–Crippen LogP) is 2.88. The number of fused-ring (bicyclic) bond motifs is 1. The first-order chi connectivity index (χ1) is 14.0. The summed E-state index contributed by atoms with van der Waals surface area (Å²) >= 11 is 0. The lowest BCUT2D eigenvalue weighted by Crippen LogP contribution is -2.35. The van der Waals surface area contributed by atoms with E-state index in [1.54, 1.807) is 37.5 Å². The van der Waals surface area contributed by atoms with Gasteiger partial charge in [-0.2, -0.15) is 0 Å². The summed E-state index contributed by atoms with van der Waals surface area (Å²) in [4.78, 5) is 27.2. The Balaban J connectivity index is 1.44. The van der Waals surface area contributed by atoms with Gasteiger partial charge in [-0.05, 0) is 41.8 Å². The molecule has 2 amide bonds. The van der Waals surface area contributed by atoms with E-state index >= 15 is 0 Å². The van der Waals surface area contributed by atoms with Gasteiger partial charge in [0.25, 0.3) is 11.8 Å². The lowest BCUT2D eigenvalue weighted by Gasteiger charge is -2.29. The van der Waals surface area contributed by atoms with Gasteiger partial charge in [-0.3, -0.25) is 14.3 Å². The first-order valence-corrected chi connectivity index (χ1v) is 9.40. The van der Waals surface area contributed by atoms with E-state index < -0.39 is 0 Å². The van der Waals surface area contributed by atoms with Crippen molar-refractivity contribution in [1.82, 2.24) is 14.7 Å². The van der Waals surface area contributed by atoms with Crippen molar-refractivity contribution in [3.05, 3.63) is 77.0 Å². The van der Waals surface area contributed by atoms with Gasteiger partial charge in [-0.15, -0.1) is 5.10 Å². The molecule has 148 valence electrons. The van der Waals surface area contributed by atoms with Crippen molar-refractivity contribution in [3.8, 4) is 5.88 Å². The number of anilines is 1. The molecule has 0 aliphatic carbocycles. The maximum Gasteiger partial charge on any atom is 0.262 e. The zero-order valence-electron chi connectivity index (χ0n) is 16.4. The van der Waals surface area contributed by atoms with Crippen molar-refractivity contribution in [1.29, 1.82) is 0 Å². The standard InChI is InChI=1S/C22H22N4O3/c1-25-14-19(21(24-25)29-2)20(27)23-18-9-7-16(8-10-18)22(28)26-12-11-15-5-3-4-6-17(15)13-26/h3-10,14H,11-13H2,1-2H3,(H,23,27). The molecule has 2 aromatic carbocycles. The van der Waals surface area contributed by atoms with Crippen molar-refractivity contribution in [3.63, 3.8) is 0 Å². The molecule has 4 rings (SSSR count). The van der Waals surface area contributed by atoms with Gasteiger partial charge in [0.15, 0.2) is 0 Å². The number of hydrogen-bond acceptors (Lipinski definition) is 4. The smallest absolute Gasteiger partial charge is 0.262 e. The Morgan fingerprint density at radius 1 is 1.07 bits per heavy atom. The van der Waals surface area contributed by atoms with Crippen LogP contribution in [0.2, 0.25) is 0 Å². The Labute approximate surface area is 168 Å². The van der Waals surface area contributed by atoms with Crippen molar-refractivity contribution >= 4 is 17.5 Å². The van der Waals surface area contributed by atoms with Gasteiger partial charge in [-0.1, -0.05) is 24.3 Å². The highest BCUT2D eigenvalue weighted by atomic mass is 16.5. The van der Waals surface area contributed by atoms with Crippen LogP contribution in [0.3, 0.4) is 0 Å². The minimum absolute atomic E-state index is 0.00805. The molecule has 0 unspecified atom stereocenters. The molecule has 1 aliphatic rings. The molecule has 0 spiro atoms. The highest BCUT2D eigenvalue weighted by molar-refractivity contribution is 6.06. The summed E-state index contributed by atoms with van der Waals surface area (Å²) in [6, 6.07) is 15.1. The molecule has 0 atom stereocenters. The molecule has 0 bridgehead atoms. The van der Waals surface area contributed by atoms with E-state index in [2.05, 4.69) is 22.5 Å². The van der Waals surface area contributed by atoms with E-state index in [9.17, 15) is 9.59 Å². The lowest BCUT2D eigenvalue weighted by molar-refractivity contribution is 0.0734. The lowest BCUT2D eigenvalue weighted by atomic mass is 9.99. The monoisotopic (exact) mass is 390 g/mol. The fraction of sp³-hybridized carbons (Fsp3) is 0.227. The maximum atomic E-state index is 12.9. The van der Waals surface area contributed by atoms with Crippen LogP contribution < -0.4 is 10.1 Å². The third-order valence-corrected chi connectivity index (χ3v) is 5.04. The van der Waals surface area contributed by atoms with E-state index in [0.717, 1.165) is 6.42 Å². The molecular weight excluding hydrogens is 368 g/mol. The van der Waals surface area contributed by atoms with Crippen LogP contribution >= 0.6 is 0 Å². The zero-order chi connectivity index (χ0) is 20.4. The topological polar surface area (TPSA) is 76.5 Å². The van der Waals surface area contributed by atoms with Gasteiger partial charge in [-0.25, -0.2) is 0 Å². The summed E-state index contributed by atoms with van der Waals surface area (Å²) in [5.74, 6) is -0.0600. The van der Waals surface area contributed by atoms with Crippen molar-refractivity contribution < 1.29 is 14.3 Å². The number of carbonyl (C=O) groups excluding carboxylic acids is 2. The van der Waals surface area contributed by atoms with Gasteiger partial charge in [0.1, 0.15) is 5.56 Å². The number of benzene rings is 2. The first kappa shape index (κ1) is 18.7. The molecule has 1 aromatic heterocycles. The number of aromatic nitrogens is 2. The summed E-state index contributed by atoms with van der Waals surface area (Å²) in [6.45, 7) is 1.32. The van der Waals surface area contributed by atoms with Crippen molar-refractivity contribution in [2.75, 3.05) is 19.0 Å². The highest BCUT2D eigenvalue weighted by Crippen LogP contribution is 2.22. The van der Waals surface area contributed by atoms with Gasteiger partial charge in [0, 0.05) is 37.6 Å². The number of hydrogen-bond donors (Lipinski definition) is 1. The minimum atomic E-state index is -0.318. The molecule has 0 fully saturated rings. The van der Waals surface area contributed by atoms with Crippen LogP contribution in [0.4, 0.5) is 5.69 Å². The molecule has 7 nitrogen and oxygen atoms in total. The van der Waals surface area contributed by atoms with Gasteiger partial charge < -0.3 is 15.0 Å². The van der Waals surface area contributed by atoms with Crippen LogP contribution in [0.25, 0.3) is 0 Å². The quantitative estimate of drug-likeness (QED) is 0.743. The average Bonchev–Trinajstić information content (AvgIpc) is 3.14. The minimum Gasteiger partial charge on any atom is -0.479 e. The molecular formula is C22H22N4O3. The van der Waals surface area contributed by atoms with Crippen LogP contribution in [0.5, 0.6) is 5.88 Å². The Kier molecular flexibility index (Phi) is 5.03. The average molecular weight is 390 g/mol. The molecule has 29 heavy (non-hydrogen) atoms. The summed E-state index contributed by atoms with van der Waals surface area (Å²) < 4.78 is 6.64. The SMILES string of the molecule is COc1nn(C)cc1C(=O)Nc1ccc(C(=O)N2CCc3ccccc3C2)cc1. The third-order valence-electron chi connectivity index (χ3n) is 5.04. The largest absolute Gasteiger partial charge is 0.479 e. The van der Waals surface area contributed by atoms with Gasteiger partial charge in [0.05, 0.1) is 7.11 Å². The van der Waals surface area contributed by atoms with Crippen LogP contribution in [0, 0.1) is 0 Å². The Morgan fingerprint density at radius 2 is 1.79 bits per heavy atom. The normalized spacial score (nSPS) is 13.0. The van der Waals surface area contributed by atoms with E-state index in [1.165, 1.54) is 22.9 Å². The van der Waals surface area contributed by atoms with Gasteiger partial charge in [0.2, 0.25) is 5.88 Å². The number of rotatable bonds is 4. The number of aryl methyl sites for hydroxylation is 1. The molecule has 1 aliphatic heterocycles. The highest BCUT2D eigenvalue weighted by Gasteiger charge is 2.22. The number of nitrogens with one attached hydrogen (secondary N) is 1. The number of nitrogens with zero attached hydrogens (tertiary/aromatic N) is 3. The fourth-order valence-corrected chi connectivity index (χ4v) is 3.52. The molecule has 0 saturated carbocycles. The summed E-state index contributed by atoms with van der Waals surface area (Å²) in [6.07, 6.45) is 2.46. The van der Waals surface area contributed by atoms with E-state index in [-0.39, 0.29) is 17.7 Å². The molecule has 0 saturated heterocycles. The van der Waals surface area contributed by atoms with Crippen LogP contribution in [-0.4, -0.2) is 40.1 Å². The van der Waals surface area contributed by atoms with Crippen LogP contribution in [-0.2, 0) is 20.0 Å². The van der Waals surface area contributed by atoms with Crippen molar-refractivity contribution in [2.45, 2.75) is 13.0 Å². The van der Waals surface area contributed by atoms with E-state index in [1.807, 2.05) is 17.0 Å². The predicted molar refractivity (Wildman–Crippen MR) is 109 cm³/mol. The van der Waals surface area contributed by atoms with Gasteiger partial charge >= 0.3 is 0 Å². The molecule has 7 heteroatoms. The van der Waals surface area contributed by atoms with Crippen molar-refractivity contribution in [2.24, 2.45) is 7.05 Å². The summed E-state index contributed by atoms with van der Waals surface area (Å²) in [5, 5.41) is 6.89. The molecule has 3 aromatic rings. The van der Waals surface area contributed by atoms with E-state index in [0.29, 0.717) is 29.9 Å². The summed E-state index contributed by atoms with van der Waals surface area (Å²) in [7, 11) is 3.19.